The third-order valence-corrected chi connectivity index (χ3v) is 3.51. The molecule has 0 aliphatic heterocycles. The third-order valence-electron chi connectivity index (χ3n) is 3.51. The van der Waals surface area contributed by atoms with Gasteiger partial charge in [0.15, 0.2) is 0 Å². The maximum atomic E-state index is 9.61. The molecule has 0 fully saturated rings. The summed E-state index contributed by atoms with van der Waals surface area (Å²) >= 11 is 0. The highest BCUT2D eigenvalue weighted by Gasteiger charge is 2.31. The Balaban J connectivity index is 2.11. The van der Waals surface area contributed by atoms with E-state index in [1.807, 2.05) is 30.3 Å². The van der Waals surface area contributed by atoms with Gasteiger partial charge in [-0.3, -0.25) is 0 Å². The quantitative estimate of drug-likeness (QED) is 0.783. The molecule has 0 unspecified atom stereocenters. The predicted molar refractivity (Wildman–Crippen MR) is 68.1 cm³/mol. The number of hydrogen-bond acceptors (Lipinski definition) is 2. The van der Waals surface area contributed by atoms with Crippen molar-refractivity contribution < 1.29 is 5.11 Å². The standard InChI is InChI=1S/C15H15NO/c16-14-8-11-6-7-12(17)9-13(11)15(14)10-4-2-1-3-5-10/h1-7,9,14-15,17H,8,16H2/t14-,15-/m0/s1. The van der Waals surface area contributed by atoms with E-state index in [1.165, 1.54) is 16.7 Å². The third kappa shape index (κ3) is 1.71. The van der Waals surface area contributed by atoms with Crippen LogP contribution in [0.15, 0.2) is 48.5 Å². The fraction of sp³-hybridized carbons (Fsp3) is 0.200. The smallest absolute Gasteiger partial charge is 0.115 e. The summed E-state index contributed by atoms with van der Waals surface area (Å²) in [6.07, 6.45) is 0.884. The van der Waals surface area contributed by atoms with E-state index in [4.69, 9.17) is 5.73 Å². The summed E-state index contributed by atoms with van der Waals surface area (Å²) in [5.74, 6) is 0.525. The van der Waals surface area contributed by atoms with Crippen molar-refractivity contribution in [2.75, 3.05) is 0 Å². The second-order valence-corrected chi connectivity index (χ2v) is 4.64. The van der Waals surface area contributed by atoms with Crippen LogP contribution in [0.1, 0.15) is 22.6 Å². The number of fused-ring (bicyclic) bond motifs is 1. The van der Waals surface area contributed by atoms with E-state index < -0.39 is 0 Å². The minimum Gasteiger partial charge on any atom is -0.508 e. The molecule has 86 valence electrons. The van der Waals surface area contributed by atoms with Crippen molar-refractivity contribution in [1.29, 1.82) is 0 Å². The van der Waals surface area contributed by atoms with Gasteiger partial charge in [0.2, 0.25) is 0 Å². The number of phenolic OH excluding ortho intramolecular Hbond substituents is 1. The summed E-state index contributed by atoms with van der Waals surface area (Å²) in [5, 5.41) is 9.61. The molecule has 2 nitrogen and oxygen atoms in total. The van der Waals surface area contributed by atoms with Gasteiger partial charge in [-0.15, -0.1) is 0 Å². The molecule has 1 aliphatic rings. The predicted octanol–water partition coefficient (Wildman–Crippen LogP) is 2.41. The van der Waals surface area contributed by atoms with Crippen LogP contribution in [0, 0.1) is 0 Å². The fourth-order valence-electron chi connectivity index (χ4n) is 2.75. The Morgan fingerprint density at radius 2 is 1.82 bits per heavy atom. The van der Waals surface area contributed by atoms with E-state index >= 15 is 0 Å². The highest BCUT2D eigenvalue weighted by atomic mass is 16.3. The van der Waals surface area contributed by atoms with Gasteiger partial charge in [0.05, 0.1) is 0 Å². The SMILES string of the molecule is N[C@H]1Cc2ccc(O)cc2[C@@H]1c1ccccc1. The monoisotopic (exact) mass is 225 g/mol. The van der Waals surface area contributed by atoms with Crippen LogP contribution in [0.3, 0.4) is 0 Å². The molecule has 0 spiro atoms. The van der Waals surface area contributed by atoms with Gasteiger partial charge in [-0.25, -0.2) is 0 Å². The molecule has 0 heterocycles. The van der Waals surface area contributed by atoms with Crippen molar-refractivity contribution in [3.05, 3.63) is 65.2 Å². The Kier molecular flexibility index (Phi) is 2.37. The molecule has 0 aromatic heterocycles. The molecule has 0 radical (unpaired) electrons. The number of aromatic hydroxyl groups is 1. The van der Waals surface area contributed by atoms with Gasteiger partial charge in [0.1, 0.15) is 5.75 Å². The average molecular weight is 225 g/mol. The van der Waals surface area contributed by atoms with Crippen molar-refractivity contribution in [1.82, 2.24) is 0 Å². The molecule has 17 heavy (non-hydrogen) atoms. The van der Waals surface area contributed by atoms with Crippen LogP contribution in [0.2, 0.25) is 0 Å². The summed E-state index contributed by atoms with van der Waals surface area (Å²) in [7, 11) is 0. The lowest BCUT2D eigenvalue weighted by molar-refractivity contribution is 0.474. The van der Waals surface area contributed by atoms with E-state index in [9.17, 15) is 5.11 Å². The number of rotatable bonds is 1. The summed E-state index contributed by atoms with van der Waals surface area (Å²) < 4.78 is 0. The van der Waals surface area contributed by atoms with Gasteiger partial charge in [-0.05, 0) is 35.2 Å². The molecule has 3 N–H and O–H groups in total. The molecule has 2 atom stereocenters. The number of nitrogens with two attached hydrogens (primary N) is 1. The Morgan fingerprint density at radius 3 is 2.59 bits per heavy atom. The van der Waals surface area contributed by atoms with Crippen LogP contribution >= 0.6 is 0 Å². The van der Waals surface area contributed by atoms with Gasteiger partial charge in [-0.1, -0.05) is 36.4 Å². The summed E-state index contributed by atoms with van der Waals surface area (Å²) in [6.45, 7) is 0. The first kappa shape index (κ1) is 10.4. The number of hydrogen-bond donors (Lipinski definition) is 2. The molecule has 2 aromatic carbocycles. The van der Waals surface area contributed by atoms with Gasteiger partial charge < -0.3 is 10.8 Å². The first-order valence-electron chi connectivity index (χ1n) is 5.88. The lowest BCUT2D eigenvalue weighted by Gasteiger charge is -2.17. The van der Waals surface area contributed by atoms with E-state index in [1.54, 1.807) is 6.07 Å². The minimum atomic E-state index is 0.106. The van der Waals surface area contributed by atoms with E-state index in [0.29, 0.717) is 5.75 Å². The van der Waals surface area contributed by atoms with Crippen LogP contribution in [0.5, 0.6) is 5.75 Å². The Hall–Kier alpha value is -1.80. The largest absolute Gasteiger partial charge is 0.508 e. The normalized spacial score (nSPS) is 22.4. The molecule has 0 saturated carbocycles. The Labute approximate surface area is 101 Å². The second kappa shape index (κ2) is 3.90. The van der Waals surface area contributed by atoms with E-state index in [-0.39, 0.29) is 12.0 Å². The van der Waals surface area contributed by atoms with Crippen LogP contribution in [0.25, 0.3) is 0 Å². The molecule has 1 aliphatic carbocycles. The van der Waals surface area contributed by atoms with Crippen molar-refractivity contribution >= 4 is 0 Å². The van der Waals surface area contributed by atoms with Gasteiger partial charge >= 0.3 is 0 Å². The van der Waals surface area contributed by atoms with Crippen LogP contribution < -0.4 is 5.73 Å². The molecular weight excluding hydrogens is 210 g/mol. The Morgan fingerprint density at radius 1 is 1.06 bits per heavy atom. The summed E-state index contributed by atoms with van der Waals surface area (Å²) in [5.41, 5.74) is 9.88. The number of phenols is 1. The zero-order valence-corrected chi connectivity index (χ0v) is 9.51. The van der Waals surface area contributed by atoms with Crippen molar-refractivity contribution in [3.8, 4) is 5.75 Å². The van der Waals surface area contributed by atoms with Crippen molar-refractivity contribution in [3.63, 3.8) is 0 Å². The Bertz CT molecular complexity index is 536. The summed E-state index contributed by atoms with van der Waals surface area (Å²) in [4.78, 5) is 0. The molecular formula is C15H15NO. The lowest BCUT2D eigenvalue weighted by Crippen LogP contribution is -2.25. The fourth-order valence-corrected chi connectivity index (χ4v) is 2.75. The first-order valence-corrected chi connectivity index (χ1v) is 5.88. The van der Waals surface area contributed by atoms with Crippen molar-refractivity contribution in [2.45, 2.75) is 18.4 Å². The van der Waals surface area contributed by atoms with E-state index in [2.05, 4.69) is 12.1 Å². The minimum absolute atomic E-state index is 0.106. The highest BCUT2D eigenvalue weighted by molar-refractivity contribution is 5.47. The van der Waals surface area contributed by atoms with Gasteiger partial charge in [0, 0.05) is 12.0 Å². The van der Waals surface area contributed by atoms with E-state index in [0.717, 1.165) is 6.42 Å². The average Bonchev–Trinajstić information content (AvgIpc) is 2.65. The van der Waals surface area contributed by atoms with Crippen LogP contribution in [-0.2, 0) is 6.42 Å². The zero-order valence-electron chi connectivity index (χ0n) is 9.51. The first-order chi connectivity index (χ1) is 8.25. The maximum absolute atomic E-state index is 9.61. The molecule has 0 saturated heterocycles. The topological polar surface area (TPSA) is 46.2 Å². The molecule has 3 rings (SSSR count). The van der Waals surface area contributed by atoms with Crippen molar-refractivity contribution in [2.24, 2.45) is 5.73 Å². The second-order valence-electron chi connectivity index (χ2n) is 4.64. The van der Waals surface area contributed by atoms with Gasteiger partial charge in [0.25, 0.3) is 0 Å². The molecule has 2 heteroatoms. The van der Waals surface area contributed by atoms with Crippen LogP contribution in [0.4, 0.5) is 0 Å². The lowest BCUT2D eigenvalue weighted by atomic mass is 9.90. The maximum Gasteiger partial charge on any atom is 0.115 e. The molecule has 2 aromatic rings. The summed E-state index contributed by atoms with van der Waals surface area (Å²) in [6, 6.07) is 15.9. The highest BCUT2D eigenvalue weighted by Crippen LogP contribution is 2.38. The zero-order chi connectivity index (χ0) is 11.8. The number of benzene rings is 2. The van der Waals surface area contributed by atoms with Crippen LogP contribution in [-0.4, -0.2) is 11.1 Å². The van der Waals surface area contributed by atoms with Gasteiger partial charge in [-0.2, -0.15) is 0 Å². The molecule has 0 bridgehead atoms. The molecule has 0 amide bonds.